The lowest BCUT2D eigenvalue weighted by molar-refractivity contribution is 0.667. The summed E-state index contributed by atoms with van der Waals surface area (Å²) in [5.74, 6) is 0.619. The second-order valence-electron chi connectivity index (χ2n) is 14.5. The van der Waals surface area contributed by atoms with Crippen LogP contribution in [0.1, 0.15) is 0 Å². The van der Waals surface area contributed by atoms with Crippen molar-refractivity contribution in [1.29, 1.82) is 0 Å². The van der Waals surface area contributed by atoms with E-state index in [0.29, 0.717) is 11.4 Å². The maximum Gasteiger partial charge on any atom is 0.180 e. The van der Waals surface area contributed by atoms with E-state index in [0.717, 1.165) is 111 Å². The van der Waals surface area contributed by atoms with Crippen LogP contribution in [0.15, 0.2) is 195 Å². The molecule has 0 aliphatic heterocycles. The van der Waals surface area contributed by atoms with Gasteiger partial charge in [-0.05, 0) is 58.7 Å². The Morgan fingerprint density at radius 2 is 0.789 bits per heavy atom. The minimum atomic E-state index is 0.619. The number of hydrogen-bond donors (Lipinski definition) is 0. The predicted octanol–water partition coefficient (Wildman–Crippen LogP) is 14.5. The molecule has 4 heterocycles. The number of furan rings is 3. The number of aromatic nitrogens is 2. The average molecular weight is 731 g/mol. The van der Waals surface area contributed by atoms with Crippen LogP contribution >= 0.6 is 0 Å². The van der Waals surface area contributed by atoms with E-state index in [1.54, 1.807) is 0 Å². The average Bonchev–Trinajstić information content (AvgIpc) is 3.98. The molecule has 12 aromatic rings. The van der Waals surface area contributed by atoms with Gasteiger partial charge in [0.05, 0.1) is 0 Å². The molecule has 0 saturated carbocycles. The van der Waals surface area contributed by atoms with E-state index < -0.39 is 0 Å². The maximum absolute atomic E-state index is 6.61. The molecular formula is C52H30N2O3. The first-order valence-corrected chi connectivity index (χ1v) is 19.1. The highest BCUT2D eigenvalue weighted by Crippen LogP contribution is 2.41. The van der Waals surface area contributed by atoms with Crippen LogP contribution in [0, 0.1) is 0 Å². The zero-order chi connectivity index (χ0) is 37.5. The van der Waals surface area contributed by atoms with Gasteiger partial charge in [-0.15, -0.1) is 0 Å². The molecule has 8 aromatic carbocycles. The molecule has 0 bridgehead atoms. The molecule has 0 spiro atoms. The lowest BCUT2D eigenvalue weighted by Gasteiger charge is -2.09. The van der Waals surface area contributed by atoms with Crippen molar-refractivity contribution in [2.45, 2.75) is 0 Å². The molecule has 266 valence electrons. The molecule has 0 unspecified atom stereocenters. The second-order valence-corrected chi connectivity index (χ2v) is 14.5. The molecule has 0 atom stereocenters. The molecule has 0 aliphatic carbocycles. The van der Waals surface area contributed by atoms with Gasteiger partial charge in [-0.3, -0.25) is 0 Å². The number of para-hydroxylation sites is 4. The number of rotatable bonds is 5. The number of nitrogens with zero attached hydrogens (tertiary/aromatic N) is 2. The fraction of sp³-hybridized carbons (Fsp3) is 0. The zero-order valence-corrected chi connectivity index (χ0v) is 30.4. The van der Waals surface area contributed by atoms with E-state index in [1.165, 1.54) is 0 Å². The van der Waals surface area contributed by atoms with Gasteiger partial charge in [0.15, 0.2) is 11.4 Å². The molecule has 0 saturated heterocycles. The first-order chi connectivity index (χ1) is 28.2. The number of benzene rings is 8. The Balaban J connectivity index is 1.01. The van der Waals surface area contributed by atoms with Gasteiger partial charge in [0.25, 0.3) is 0 Å². The van der Waals surface area contributed by atoms with Crippen molar-refractivity contribution in [3.8, 4) is 56.0 Å². The summed E-state index contributed by atoms with van der Waals surface area (Å²) in [5, 5.41) is 5.36. The Morgan fingerprint density at radius 1 is 0.298 bits per heavy atom. The Bertz CT molecular complexity index is 3540. The Labute approximate surface area is 326 Å². The van der Waals surface area contributed by atoms with Crippen molar-refractivity contribution in [3.63, 3.8) is 0 Å². The maximum atomic E-state index is 6.61. The Morgan fingerprint density at radius 3 is 1.47 bits per heavy atom. The van der Waals surface area contributed by atoms with Crippen LogP contribution in [0.4, 0.5) is 0 Å². The summed E-state index contributed by atoms with van der Waals surface area (Å²) in [6, 6.07) is 62.6. The molecule has 0 fully saturated rings. The third-order valence-corrected chi connectivity index (χ3v) is 11.1. The summed E-state index contributed by atoms with van der Waals surface area (Å²) in [6.07, 6.45) is 0. The first-order valence-electron chi connectivity index (χ1n) is 19.1. The van der Waals surface area contributed by atoms with Crippen molar-refractivity contribution < 1.29 is 13.3 Å². The lowest BCUT2D eigenvalue weighted by Crippen LogP contribution is -1.94. The van der Waals surface area contributed by atoms with E-state index in [9.17, 15) is 0 Å². The minimum Gasteiger partial charge on any atom is -0.455 e. The summed E-state index contributed by atoms with van der Waals surface area (Å²) < 4.78 is 19.4. The predicted molar refractivity (Wildman–Crippen MR) is 231 cm³/mol. The van der Waals surface area contributed by atoms with Crippen LogP contribution in [-0.2, 0) is 0 Å². The highest BCUT2D eigenvalue weighted by Gasteiger charge is 2.20. The van der Waals surface area contributed by atoms with Crippen molar-refractivity contribution in [2.75, 3.05) is 0 Å². The quantitative estimate of drug-likeness (QED) is 0.176. The van der Waals surface area contributed by atoms with Gasteiger partial charge in [-0.25, -0.2) is 9.97 Å². The third kappa shape index (κ3) is 5.03. The second kappa shape index (κ2) is 12.4. The molecule has 12 rings (SSSR count). The first kappa shape index (κ1) is 31.6. The normalized spacial score (nSPS) is 11.9. The largest absolute Gasteiger partial charge is 0.455 e. The Kier molecular flexibility index (Phi) is 6.86. The monoisotopic (exact) mass is 730 g/mol. The zero-order valence-electron chi connectivity index (χ0n) is 30.4. The van der Waals surface area contributed by atoms with Crippen molar-refractivity contribution in [3.05, 3.63) is 182 Å². The van der Waals surface area contributed by atoms with Gasteiger partial charge in [-0.2, -0.15) is 0 Å². The number of hydrogen-bond acceptors (Lipinski definition) is 5. The standard InChI is InChI=1S/C52H30N2O3/c1-2-12-31(13-3-1)47-51-48(54-52(53-47)36-17-9-16-35(29-36)38-21-11-23-42-40-19-5-7-25-45(40)56-50(38)42)43-30-33(26-27-46(43)57-51)32-14-8-15-34(28-32)37-20-10-22-41-39-18-4-6-24-44(39)55-49(37)41/h1-30H. The van der Waals surface area contributed by atoms with Gasteiger partial charge in [0, 0.05) is 49.2 Å². The van der Waals surface area contributed by atoms with E-state index >= 15 is 0 Å². The molecule has 0 N–H and O–H groups in total. The number of fused-ring (bicyclic) bond motifs is 9. The SMILES string of the molecule is c1ccc(-c2nc(-c3cccc(-c4cccc5c4oc4ccccc45)c3)nc3c2oc2ccc(-c4cccc(-c5cccc6c5oc5ccccc56)c4)cc23)cc1. The van der Waals surface area contributed by atoms with E-state index in [1.807, 2.05) is 54.6 Å². The lowest BCUT2D eigenvalue weighted by atomic mass is 9.97. The molecule has 5 nitrogen and oxygen atoms in total. The van der Waals surface area contributed by atoms with Gasteiger partial charge < -0.3 is 13.3 Å². The molecule has 0 radical (unpaired) electrons. The van der Waals surface area contributed by atoms with Crippen LogP contribution in [0.25, 0.3) is 122 Å². The summed E-state index contributed by atoms with van der Waals surface area (Å²) in [4.78, 5) is 10.5. The van der Waals surface area contributed by atoms with Crippen molar-refractivity contribution in [2.24, 2.45) is 0 Å². The van der Waals surface area contributed by atoms with E-state index in [4.69, 9.17) is 23.2 Å². The molecule has 0 aliphatic rings. The van der Waals surface area contributed by atoms with Gasteiger partial charge in [0.2, 0.25) is 0 Å². The fourth-order valence-electron chi connectivity index (χ4n) is 8.39. The summed E-state index contributed by atoms with van der Waals surface area (Å²) in [7, 11) is 0. The molecule has 57 heavy (non-hydrogen) atoms. The van der Waals surface area contributed by atoms with Crippen molar-refractivity contribution >= 4 is 65.9 Å². The van der Waals surface area contributed by atoms with E-state index in [-0.39, 0.29) is 0 Å². The summed E-state index contributed by atoms with van der Waals surface area (Å²) in [5.41, 5.74) is 14.6. The van der Waals surface area contributed by atoms with Crippen molar-refractivity contribution in [1.82, 2.24) is 9.97 Å². The molecule has 4 aromatic heterocycles. The van der Waals surface area contributed by atoms with Gasteiger partial charge in [-0.1, -0.05) is 146 Å². The van der Waals surface area contributed by atoms with Crippen LogP contribution in [0.5, 0.6) is 0 Å². The topological polar surface area (TPSA) is 65.2 Å². The molecule has 0 amide bonds. The fourth-order valence-corrected chi connectivity index (χ4v) is 8.39. The highest BCUT2D eigenvalue weighted by atomic mass is 16.3. The smallest absolute Gasteiger partial charge is 0.180 e. The van der Waals surface area contributed by atoms with Crippen LogP contribution in [0.3, 0.4) is 0 Å². The van der Waals surface area contributed by atoms with Gasteiger partial charge in [0.1, 0.15) is 39.1 Å². The molecular weight excluding hydrogens is 701 g/mol. The highest BCUT2D eigenvalue weighted by molar-refractivity contribution is 6.12. The Hall–Kier alpha value is -7.76. The van der Waals surface area contributed by atoms with E-state index in [2.05, 4.69) is 127 Å². The van der Waals surface area contributed by atoms with Crippen LogP contribution < -0.4 is 0 Å². The van der Waals surface area contributed by atoms with Gasteiger partial charge >= 0.3 is 0 Å². The summed E-state index contributed by atoms with van der Waals surface area (Å²) >= 11 is 0. The van der Waals surface area contributed by atoms with Crippen LogP contribution in [-0.4, -0.2) is 9.97 Å². The third-order valence-electron chi connectivity index (χ3n) is 11.1. The molecule has 5 heteroatoms. The summed E-state index contributed by atoms with van der Waals surface area (Å²) in [6.45, 7) is 0. The van der Waals surface area contributed by atoms with Crippen LogP contribution in [0.2, 0.25) is 0 Å². The minimum absolute atomic E-state index is 0.619.